The second-order valence-corrected chi connectivity index (χ2v) is 6.64. The van der Waals surface area contributed by atoms with Gasteiger partial charge in [-0.25, -0.2) is 4.39 Å². The van der Waals surface area contributed by atoms with E-state index in [1.54, 1.807) is 11.0 Å². The summed E-state index contributed by atoms with van der Waals surface area (Å²) in [4.78, 5) is 51.2. The molecular weight excluding hydrogens is 341 g/mol. The Labute approximate surface area is 148 Å². The summed E-state index contributed by atoms with van der Waals surface area (Å²) in [6.07, 6.45) is 5.31. The third-order valence-corrected chi connectivity index (χ3v) is 4.93. The number of alkyl halides is 1. The quantitative estimate of drug-likeness (QED) is 0.607. The van der Waals surface area contributed by atoms with E-state index < -0.39 is 35.3 Å². The average molecular weight is 355 g/mol. The van der Waals surface area contributed by atoms with Gasteiger partial charge in [0.15, 0.2) is 0 Å². The van der Waals surface area contributed by atoms with E-state index in [9.17, 15) is 23.6 Å². The molecule has 0 aromatic heterocycles. The van der Waals surface area contributed by atoms with Crippen LogP contribution in [-0.4, -0.2) is 53.3 Å². The van der Waals surface area contributed by atoms with Crippen molar-refractivity contribution in [1.29, 1.82) is 0 Å². The first-order valence-electron chi connectivity index (χ1n) is 8.10. The first kappa shape index (κ1) is 16.3. The Kier molecular flexibility index (Phi) is 3.37. The Bertz CT molecular complexity index is 914. The van der Waals surface area contributed by atoms with Crippen molar-refractivity contribution in [2.24, 2.45) is 0 Å². The minimum atomic E-state index is -1.68. The molecule has 0 aliphatic carbocycles. The van der Waals surface area contributed by atoms with Gasteiger partial charge in [0.25, 0.3) is 11.8 Å². The van der Waals surface area contributed by atoms with Gasteiger partial charge in [-0.2, -0.15) is 0 Å². The molecule has 3 aliphatic heterocycles. The number of fused-ring (bicyclic) bond motifs is 1. The molecule has 1 unspecified atom stereocenters. The van der Waals surface area contributed by atoms with E-state index in [0.717, 1.165) is 4.90 Å². The van der Waals surface area contributed by atoms with E-state index >= 15 is 0 Å². The third-order valence-electron chi connectivity index (χ3n) is 4.93. The van der Waals surface area contributed by atoms with E-state index in [4.69, 9.17) is 6.42 Å². The molecule has 26 heavy (non-hydrogen) atoms. The number of piperidine rings is 1. The monoisotopic (exact) mass is 355 g/mol. The number of hydrogen-bond donors (Lipinski definition) is 1. The van der Waals surface area contributed by atoms with Gasteiger partial charge < -0.3 is 4.90 Å². The summed E-state index contributed by atoms with van der Waals surface area (Å²) in [5, 5.41) is 2.14. The summed E-state index contributed by atoms with van der Waals surface area (Å²) in [6.45, 7) is 0.0303. The van der Waals surface area contributed by atoms with E-state index in [1.807, 2.05) is 0 Å². The van der Waals surface area contributed by atoms with Crippen molar-refractivity contribution in [3.05, 3.63) is 29.3 Å². The number of imide groups is 2. The van der Waals surface area contributed by atoms with Crippen LogP contribution < -0.4 is 10.2 Å². The topological polar surface area (TPSA) is 86.8 Å². The number of hydrogen-bond acceptors (Lipinski definition) is 5. The number of carbonyl (C=O) groups is 4. The van der Waals surface area contributed by atoms with Crippen molar-refractivity contribution < 1.29 is 23.6 Å². The predicted molar refractivity (Wildman–Crippen MR) is 88.0 cm³/mol. The van der Waals surface area contributed by atoms with Crippen LogP contribution in [0.4, 0.5) is 10.1 Å². The van der Waals surface area contributed by atoms with Crippen molar-refractivity contribution in [3.63, 3.8) is 0 Å². The van der Waals surface area contributed by atoms with Crippen LogP contribution in [0.25, 0.3) is 0 Å². The third kappa shape index (κ3) is 2.28. The first-order valence-corrected chi connectivity index (χ1v) is 8.10. The number of benzene rings is 1. The fourth-order valence-corrected chi connectivity index (χ4v) is 3.49. The predicted octanol–water partition coefficient (Wildman–Crippen LogP) is 0.249. The number of carbonyl (C=O) groups excluding carboxylic acids is 4. The molecular formula is C18H14FN3O4. The highest BCUT2D eigenvalue weighted by Gasteiger charge is 2.46. The Hall–Kier alpha value is -3.21. The highest BCUT2D eigenvalue weighted by molar-refractivity contribution is 6.23. The van der Waals surface area contributed by atoms with Crippen LogP contribution in [0.15, 0.2) is 18.2 Å². The van der Waals surface area contributed by atoms with Crippen molar-refractivity contribution in [2.75, 3.05) is 18.0 Å². The molecule has 1 aromatic rings. The summed E-state index contributed by atoms with van der Waals surface area (Å²) in [5.41, 5.74) is -0.752. The Morgan fingerprint density at radius 3 is 2.50 bits per heavy atom. The Morgan fingerprint density at radius 2 is 1.85 bits per heavy atom. The number of anilines is 1. The number of amides is 4. The lowest BCUT2D eigenvalue weighted by molar-refractivity contribution is -0.136. The molecule has 7 nitrogen and oxygen atoms in total. The highest BCUT2D eigenvalue weighted by Crippen LogP contribution is 2.34. The zero-order valence-corrected chi connectivity index (χ0v) is 13.6. The van der Waals surface area contributed by atoms with Crippen molar-refractivity contribution in [3.8, 4) is 12.3 Å². The molecule has 132 valence electrons. The van der Waals surface area contributed by atoms with Gasteiger partial charge in [0.1, 0.15) is 6.04 Å². The minimum Gasteiger partial charge on any atom is -0.363 e. The largest absolute Gasteiger partial charge is 0.363 e. The molecule has 0 spiro atoms. The molecule has 2 saturated heterocycles. The van der Waals surface area contributed by atoms with E-state index in [-0.39, 0.29) is 37.1 Å². The number of nitrogens with zero attached hydrogens (tertiary/aromatic N) is 2. The minimum absolute atomic E-state index is 0.0152. The molecule has 0 radical (unpaired) electrons. The lowest BCUT2D eigenvalue weighted by atomic mass is 9.96. The van der Waals surface area contributed by atoms with Gasteiger partial charge in [0.05, 0.1) is 24.2 Å². The van der Waals surface area contributed by atoms with Gasteiger partial charge >= 0.3 is 0 Å². The SMILES string of the molecule is C#CC1(F)CN(c2ccc3c(c2)C(=O)N(C2CCC(=O)NC2=O)C3=O)C1. The fourth-order valence-electron chi connectivity index (χ4n) is 3.49. The maximum Gasteiger partial charge on any atom is 0.262 e. The highest BCUT2D eigenvalue weighted by atomic mass is 19.1. The van der Waals surface area contributed by atoms with Crippen molar-refractivity contribution >= 4 is 29.3 Å². The van der Waals surface area contributed by atoms with Gasteiger partial charge in [-0.15, -0.1) is 6.42 Å². The summed E-state index contributed by atoms with van der Waals surface area (Å²) in [6, 6.07) is 3.61. The molecule has 3 heterocycles. The fraction of sp³-hybridized carbons (Fsp3) is 0.333. The molecule has 0 bridgehead atoms. The van der Waals surface area contributed by atoms with Gasteiger partial charge in [0, 0.05) is 12.1 Å². The zero-order chi connectivity index (χ0) is 18.6. The van der Waals surface area contributed by atoms with Gasteiger partial charge in [-0.05, 0) is 24.6 Å². The number of nitrogens with one attached hydrogen (secondary N) is 1. The molecule has 8 heteroatoms. The Balaban J connectivity index is 1.60. The number of halogens is 1. The van der Waals surface area contributed by atoms with E-state index in [0.29, 0.717) is 5.69 Å². The summed E-state index contributed by atoms with van der Waals surface area (Å²) in [7, 11) is 0. The molecule has 1 aromatic carbocycles. The molecule has 0 saturated carbocycles. The maximum absolute atomic E-state index is 13.9. The van der Waals surface area contributed by atoms with Crippen molar-refractivity contribution in [1.82, 2.24) is 10.2 Å². The Morgan fingerprint density at radius 1 is 1.15 bits per heavy atom. The number of rotatable bonds is 2. The first-order chi connectivity index (χ1) is 12.3. The zero-order valence-electron chi connectivity index (χ0n) is 13.6. The standard InChI is InChI=1S/C18H14FN3O4/c1-2-18(19)8-21(9-18)10-3-4-11-12(7-10)17(26)22(16(11)25)13-5-6-14(23)20-15(13)24/h1,3-4,7,13H,5-6,8-9H2,(H,20,23,24). The van der Waals surface area contributed by atoms with Gasteiger partial charge in [-0.1, -0.05) is 5.92 Å². The molecule has 2 fully saturated rings. The van der Waals surface area contributed by atoms with Gasteiger partial charge in [0.2, 0.25) is 17.5 Å². The van der Waals surface area contributed by atoms with Crippen LogP contribution >= 0.6 is 0 Å². The summed E-state index contributed by atoms with van der Waals surface area (Å²) < 4.78 is 13.9. The lowest BCUT2D eigenvalue weighted by Crippen LogP contribution is -2.58. The van der Waals surface area contributed by atoms with Crippen LogP contribution in [0.3, 0.4) is 0 Å². The molecule has 4 amide bonds. The second kappa shape index (κ2) is 5.39. The normalized spacial score (nSPS) is 24.1. The van der Waals surface area contributed by atoms with Gasteiger partial charge in [-0.3, -0.25) is 29.4 Å². The molecule has 1 atom stereocenters. The van der Waals surface area contributed by atoms with Crippen molar-refractivity contribution in [2.45, 2.75) is 24.6 Å². The van der Waals surface area contributed by atoms with Crippen LogP contribution in [-0.2, 0) is 9.59 Å². The number of terminal acetylenes is 1. The molecule has 1 N–H and O–H groups in total. The maximum atomic E-state index is 13.9. The average Bonchev–Trinajstić information content (AvgIpc) is 2.83. The molecule has 4 rings (SSSR count). The lowest BCUT2D eigenvalue weighted by Gasteiger charge is -2.42. The van der Waals surface area contributed by atoms with E-state index in [1.165, 1.54) is 12.1 Å². The summed E-state index contributed by atoms with van der Waals surface area (Å²) in [5.74, 6) is -0.151. The van der Waals surface area contributed by atoms with Crippen LogP contribution in [0.1, 0.15) is 33.6 Å². The smallest absolute Gasteiger partial charge is 0.262 e. The van der Waals surface area contributed by atoms with Crippen LogP contribution in [0, 0.1) is 12.3 Å². The van der Waals surface area contributed by atoms with Crippen LogP contribution in [0.5, 0.6) is 0 Å². The van der Waals surface area contributed by atoms with E-state index in [2.05, 4.69) is 11.2 Å². The summed E-state index contributed by atoms with van der Waals surface area (Å²) >= 11 is 0. The molecule has 3 aliphatic rings. The second-order valence-electron chi connectivity index (χ2n) is 6.64. The van der Waals surface area contributed by atoms with Crippen LogP contribution in [0.2, 0.25) is 0 Å².